The van der Waals surface area contributed by atoms with E-state index in [4.69, 9.17) is 19.9 Å². The lowest BCUT2D eigenvalue weighted by Gasteiger charge is -2.44. The summed E-state index contributed by atoms with van der Waals surface area (Å²) in [5.41, 5.74) is 7.20. The maximum Gasteiger partial charge on any atom is 0.411 e. The van der Waals surface area contributed by atoms with Crippen LogP contribution in [0.5, 0.6) is 0 Å². The number of carbonyl (C=O) groups is 7. The summed E-state index contributed by atoms with van der Waals surface area (Å²) in [6.07, 6.45) is 30.3. The number of aromatic nitrogens is 9. The molecule has 10 heterocycles. The Balaban J connectivity index is 0.000000128. The first kappa shape index (κ1) is 95.7. The van der Waals surface area contributed by atoms with Crippen LogP contribution in [0.1, 0.15) is 192 Å². The van der Waals surface area contributed by atoms with E-state index in [9.17, 15) is 38.0 Å². The molecule has 33 heteroatoms. The normalized spacial score (nSPS) is 19.3. The number of methoxy groups -OCH3 is 1. The van der Waals surface area contributed by atoms with Crippen LogP contribution in [0.3, 0.4) is 0 Å². The molecule has 10 aliphatic rings. The zero-order valence-corrected chi connectivity index (χ0v) is 81.3. The lowest BCUT2D eigenvalue weighted by Crippen LogP contribution is -2.62. The fraction of sp³-hybridized carbons (Fsp3) is 0.448. The van der Waals surface area contributed by atoms with Crippen LogP contribution in [0.25, 0.3) is 11.1 Å². The minimum absolute atomic E-state index is 0.0507. The van der Waals surface area contributed by atoms with Crippen molar-refractivity contribution in [3.05, 3.63) is 188 Å². The second kappa shape index (κ2) is 40.0. The predicted molar refractivity (Wildman–Crippen MR) is 540 cm³/mol. The number of nitrogens with one attached hydrogen (secondary N) is 6. The van der Waals surface area contributed by atoms with Gasteiger partial charge in [0.1, 0.15) is 28.4 Å². The molecule has 0 unspecified atom stereocenters. The Morgan fingerprint density at radius 2 is 0.688 bits per heavy atom. The van der Waals surface area contributed by atoms with Gasteiger partial charge >= 0.3 is 6.09 Å². The van der Waals surface area contributed by atoms with Gasteiger partial charge in [-0.2, -0.15) is 19.9 Å². The van der Waals surface area contributed by atoms with Gasteiger partial charge in [-0.1, -0.05) is 106 Å². The minimum Gasteiger partial charge on any atom is -0.453 e. The third kappa shape index (κ3) is 21.1. The SMILES string of the molecule is CN1C(=O)C(C)(C)CN(C2CCCC2)c2nc(Nc3cccc(-c4cccnc4)c3)ncc21.CN1C(=O)C(C)(C)CN(C2CCCC2)c2nc(Nc3cccc(C(=O)N4CC(F)(C5CC5)C4)c3)ncc21.CN1C(=O)C(C)(C)CN(C2CCCC2)c2nc(Nc3cccc(NC(=O)c4ccccc4)c3)ncc21.COC(=O)Nc1cccc(Nc2ncc3c(n2)N(C2CCCC2)CC(C)(C)C(=O)N3C)c1. The molecule has 5 saturated carbocycles. The molecule has 7 amide bonds. The van der Waals surface area contributed by atoms with Gasteiger partial charge in [0, 0.05) is 142 Å². The molecule has 0 atom stereocenters. The van der Waals surface area contributed by atoms with Gasteiger partial charge in [-0.3, -0.25) is 39.1 Å². The summed E-state index contributed by atoms with van der Waals surface area (Å²) in [5, 5.41) is 18.7. The first-order chi connectivity index (χ1) is 66.2. The van der Waals surface area contributed by atoms with Crippen LogP contribution >= 0.6 is 0 Å². The predicted octanol–water partition coefficient (Wildman–Crippen LogP) is 19.0. The highest BCUT2D eigenvalue weighted by Gasteiger charge is 2.56. The molecule has 5 aromatic heterocycles. The van der Waals surface area contributed by atoms with Crippen molar-refractivity contribution in [2.45, 2.75) is 201 Å². The molecule has 0 bridgehead atoms. The van der Waals surface area contributed by atoms with Gasteiger partial charge < -0.3 is 75.4 Å². The Hall–Kier alpha value is -14.0. The number of hydrogen-bond donors (Lipinski definition) is 6. The van der Waals surface area contributed by atoms with Crippen molar-refractivity contribution in [3.63, 3.8) is 0 Å². The van der Waals surface area contributed by atoms with Gasteiger partial charge in [0.15, 0.2) is 23.3 Å². The van der Waals surface area contributed by atoms with Crippen molar-refractivity contribution >= 4 is 145 Å². The van der Waals surface area contributed by atoms with Crippen molar-refractivity contribution in [2.75, 3.05) is 146 Å². The number of nitrogens with zero attached hydrogens (tertiary/aromatic N) is 18. The molecule has 6 N–H and O–H groups in total. The molecule has 138 heavy (non-hydrogen) atoms. The van der Waals surface area contributed by atoms with E-state index in [1.165, 1.54) is 58.5 Å². The van der Waals surface area contributed by atoms with E-state index in [1.807, 2.05) is 160 Å². The first-order valence-corrected chi connectivity index (χ1v) is 48.4. The van der Waals surface area contributed by atoms with Crippen LogP contribution in [0.4, 0.5) is 113 Å². The fourth-order valence-corrected chi connectivity index (χ4v) is 20.7. The van der Waals surface area contributed by atoms with E-state index >= 15 is 0 Å². The van der Waals surface area contributed by atoms with Crippen LogP contribution in [-0.2, 0) is 23.9 Å². The van der Waals surface area contributed by atoms with E-state index in [1.54, 1.807) is 113 Å². The second-order valence-electron chi connectivity index (χ2n) is 40.8. The number of halogens is 1. The van der Waals surface area contributed by atoms with Crippen LogP contribution in [0, 0.1) is 27.6 Å². The summed E-state index contributed by atoms with van der Waals surface area (Å²) in [6.45, 7) is 18.9. The molecular formula is C105H127FN24O8. The zero-order valence-electron chi connectivity index (χ0n) is 81.3. The quantitative estimate of drug-likeness (QED) is 0.0465. The molecule has 5 aliphatic carbocycles. The summed E-state index contributed by atoms with van der Waals surface area (Å²) in [6, 6.07) is 44.6. The van der Waals surface area contributed by atoms with E-state index < -0.39 is 33.4 Å². The number of benzene rings is 5. The number of anilines is 18. The highest BCUT2D eigenvalue weighted by Crippen LogP contribution is 2.50. The molecule has 722 valence electrons. The van der Waals surface area contributed by atoms with Gasteiger partial charge in [0.05, 0.1) is 66.6 Å². The first-order valence-electron chi connectivity index (χ1n) is 48.4. The third-order valence-electron chi connectivity index (χ3n) is 28.3. The molecule has 5 aliphatic heterocycles. The topological polar surface area (TPSA) is 346 Å². The van der Waals surface area contributed by atoms with Crippen molar-refractivity contribution in [3.8, 4) is 11.1 Å². The number of hydrogen-bond acceptors (Lipinski definition) is 25. The third-order valence-corrected chi connectivity index (χ3v) is 28.3. The van der Waals surface area contributed by atoms with Crippen molar-refractivity contribution in [1.82, 2.24) is 49.8 Å². The van der Waals surface area contributed by atoms with Crippen molar-refractivity contribution < 1.29 is 42.7 Å². The molecule has 1 saturated heterocycles. The van der Waals surface area contributed by atoms with E-state index in [0.717, 1.165) is 133 Å². The molecule has 10 aromatic rings. The van der Waals surface area contributed by atoms with Crippen LogP contribution in [0.2, 0.25) is 0 Å². The average molecular weight is 1870 g/mol. The van der Waals surface area contributed by atoms with E-state index in [0.29, 0.717) is 108 Å². The standard InChI is InChI=1S/C28H35FN6O2.C28H32N6O2.C26H30N6O.C23H30N6O3/c1-27(2)15-35(21-9-4-5-10-21)23-22(33(3)25(27)37)14-30-26(32-23)31-20-8-6-7-18(13-20)24(36)34-16-28(29,17-34)19-11-12-19;1-28(2)18-34(22-14-7-8-15-22)24-23(33(3)26(28)36)17-29-27(32-24)31-21-13-9-12-20(16-21)30-25(35)19-10-5-4-6-11-19;1-26(2)17-32(21-11-4-5-12-21)23-22(31(3)24(26)33)16-28-25(30-23)29-20-10-6-8-18(14-20)19-9-7-13-27-15-19;1-23(2)14-29(17-10-5-6-11-17)19-18(28(3)20(23)30)13-24-21(27-19)25-15-8-7-9-16(12-15)26-22(31)32-4/h6-8,13-14,19,21H,4-5,9-12,15-17H2,1-3H3,(H,30,31,32);4-6,9-13,16-17,22H,7-8,14-15,18H2,1-3H3,(H,30,35)(H,29,31,32);6-10,13-16,21H,4-5,11-12,17H2,1-3H3,(H,28,29,30);7-9,12-13,17H,5-6,10-11,14H2,1-4H3,(H,26,31)(H,24,25,27). The smallest absolute Gasteiger partial charge is 0.411 e. The Morgan fingerprint density at radius 1 is 0.362 bits per heavy atom. The van der Waals surface area contributed by atoms with E-state index in [-0.39, 0.29) is 54.5 Å². The molecule has 32 nitrogen and oxygen atoms in total. The fourth-order valence-electron chi connectivity index (χ4n) is 20.7. The van der Waals surface area contributed by atoms with Gasteiger partial charge in [0.2, 0.25) is 47.4 Å². The number of carbonyl (C=O) groups excluding carboxylic acids is 7. The summed E-state index contributed by atoms with van der Waals surface area (Å²) in [5.74, 6) is 5.05. The van der Waals surface area contributed by atoms with Crippen LogP contribution < -0.4 is 71.1 Å². The lowest BCUT2D eigenvalue weighted by molar-refractivity contribution is -0.126. The molecular weight excluding hydrogens is 1740 g/mol. The molecule has 0 radical (unpaired) electrons. The Morgan fingerprint density at radius 3 is 1.04 bits per heavy atom. The van der Waals surface area contributed by atoms with Crippen molar-refractivity contribution in [2.24, 2.45) is 27.6 Å². The van der Waals surface area contributed by atoms with Gasteiger partial charge in [-0.15, -0.1) is 0 Å². The molecule has 6 fully saturated rings. The van der Waals surface area contributed by atoms with E-state index in [2.05, 4.69) is 93.3 Å². The number of pyridine rings is 1. The van der Waals surface area contributed by atoms with Gasteiger partial charge in [0.25, 0.3) is 11.8 Å². The average Bonchev–Trinajstić information content (AvgIpc) is 1.58. The number of alkyl halides is 1. The number of amides is 7. The van der Waals surface area contributed by atoms with Gasteiger partial charge in [-0.05, 0) is 216 Å². The van der Waals surface area contributed by atoms with Crippen LogP contribution in [0.15, 0.2) is 177 Å². The maximum absolute atomic E-state index is 14.7. The highest BCUT2D eigenvalue weighted by molar-refractivity contribution is 6.06. The zero-order chi connectivity index (χ0) is 97.1. The summed E-state index contributed by atoms with van der Waals surface area (Å²) >= 11 is 0. The minimum atomic E-state index is -1.20. The molecule has 5 aromatic carbocycles. The number of likely N-dealkylation sites (tertiary alicyclic amines) is 1. The number of fused-ring (bicyclic) bond motifs is 4. The summed E-state index contributed by atoms with van der Waals surface area (Å²) < 4.78 is 19.4. The number of rotatable bonds is 18. The monoisotopic (exact) mass is 1870 g/mol. The highest BCUT2D eigenvalue weighted by atomic mass is 19.1. The van der Waals surface area contributed by atoms with Gasteiger partial charge in [-0.25, -0.2) is 29.1 Å². The Bertz CT molecular complexity index is 6150. The molecule has 0 spiro atoms. The maximum atomic E-state index is 14.7. The summed E-state index contributed by atoms with van der Waals surface area (Å²) in [4.78, 5) is 149. The molecule has 20 rings (SSSR count). The Kier molecular flexibility index (Phi) is 27.7. The largest absolute Gasteiger partial charge is 0.453 e. The van der Waals surface area contributed by atoms with Crippen LogP contribution in [-0.4, -0.2) is 196 Å². The second-order valence-corrected chi connectivity index (χ2v) is 40.8. The number of ether oxygens (including phenoxy) is 1. The van der Waals surface area contributed by atoms with Crippen molar-refractivity contribution in [1.29, 1.82) is 0 Å². The lowest BCUT2D eigenvalue weighted by atomic mass is 9.90. The summed E-state index contributed by atoms with van der Waals surface area (Å²) in [7, 11) is 8.53. The Labute approximate surface area is 806 Å².